The summed E-state index contributed by atoms with van der Waals surface area (Å²) in [4.78, 5) is 14.1. The van der Waals surface area contributed by atoms with Crippen LogP contribution in [0.25, 0.3) is 0 Å². The zero-order valence-electron chi connectivity index (χ0n) is 12.2. The summed E-state index contributed by atoms with van der Waals surface area (Å²) in [5.41, 5.74) is 1.93. The molecule has 0 radical (unpaired) electrons. The van der Waals surface area contributed by atoms with E-state index in [9.17, 15) is 4.79 Å². The van der Waals surface area contributed by atoms with Crippen molar-refractivity contribution >= 4 is 35.0 Å². The van der Waals surface area contributed by atoms with E-state index < -0.39 is 0 Å². The van der Waals surface area contributed by atoms with Crippen LogP contribution in [-0.4, -0.2) is 18.3 Å². The van der Waals surface area contributed by atoms with Gasteiger partial charge in [0.25, 0.3) is 0 Å². The minimum Gasteiger partial charge on any atom is -0.494 e. The molecule has 0 N–H and O–H groups in total. The van der Waals surface area contributed by atoms with E-state index in [4.69, 9.17) is 16.3 Å². The predicted octanol–water partition coefficient (Wildman–Crippen LogP) is 4.52. The number of thioether (sulfide) groups is 1. The van der Waals surface area contributed by atoms with Gasteiger partial charge in [-0.05, 0) is 48.9 Å². The fraction of sp³-hybridized carbons (Fsp3) is 0.235. The zero-order chi connectivity index (χ0) is 15.5. The number of amides is 1. The van der Waals surface area contributed by atoms with E-state index in [0.29, 0.717) is 17.4 Å². The Labute approximate surface area is 139 Å². The van der Waals surface area contributed by atoms with Crippen molar-refractivity contribution in [1.29, 1.82) is 0 Å². The standard InChI is InChI=1S/C17H16ClNO2S/c1-2-21-15-5-3-4-12(10-15)17-19(16(20)11-22-17)14-8-6-13(18)7-9-14/h3-10,17H,2,11H2,1H3/t17-/m0/s1. The maximum Gasteiger partial charge on any atom is 0.238 e. The van der Waals surface area contributed by atoms with Crippen molar-refractivity contribution in [3.8, 4) is 5.75 Å². The Morgan fingerprint density at radius 2 is 2.05 bits per heavy atom. The van der Waals surface area contributed by atoms with Gasteiger partial charge in [-0.2, -0.15) is 0 Å². The minimum absolute atomic E-state index is 0.0333. The molecule has 3 rings (SSSR count). The lowest BCUT2D eigenvalue weighted by Crippen LogP contribution is -2.27. The Kier molecular flexibility index (Phi) is 4.60. The number of ether oxygens (including phenoxy) is 1. The van der Waals surface area contributed by atoms with Crippen molar-refractivity contribution in [3.05, 3.63) is 59.1 Å². The summed E-state index contributed by atoms with van der Waals surface area (Å²) in [6.45, 7) is 2.58. The first-order valence-corrected chi connectivity index (χ1v) is 8.53. The van der Waals surface area contributed by atoms with Crippen LogP contribution in [0, 0.1) is 0 Å². The third kappa shape index (κ3) is 3.08. The van der Waals surface area contributed by atoms with Gasteiger partial charge in [0.15, 0.2) is 0 Å². The molecule has 1 aliphatic heterocycles. The van der Waals surface area contributed by atoms with Crippen molar-refractivity contribution in [1.82, 2.24) is 0 Å². The van der Waals surface area contributed by atoms with Gasteiger partial charge in [0.05, 0.1) is 12.4 Å². The lowest BCUT2D eigenvalue weighted by molar-refractivity contribution is -0.115. The van der Waals surface area contributed by atoms with Crippen LogP contribution in [0.15, 0.2) is 48.5 Å². The molecule has 0 aromatic heterocycles. The highest BCUT2D eigenvalue weighted by atomic mass is 35.5. The summed E-state index contributed by atoms with van der Waals surface area (Å²) in [5, 5.41) is 0.632. The molecule has 2 aromatic rings. The number of hydrogen-bond acceptors (Lipinski definition) is 3. The minimum atomic E-state index is -0.0333. The van der Waals surface area contributed by atoms with Gasteiger partial charge in [-0.1, -0.05) is 23.7 Å². The maximum absolute atomic E-state index is 12.3. The van der Waals surface area contributed by atoms with Gasteiger partial charge in [0.1, 0.15) is 11.1 Å². The normalized spacial score (nSPS) is 17.8. The SMILES string of the molecule is CCOc1cccc([C@@H]2SCC(=O)N2c2ccc(Cl)cc2)c1. The number of halogens is 1. The first-order chi connectivity index (χ1) is 10.7. The number of carbonyl (C=O) groups excluding carboxylic acids is 1. The second-order valence-corrected chi connectivity index (χ2v) is 6.41. The largest absolute Gasteiger partial charge is 0.494 e. The van der Waals surface area contributed by atoms with Gasteiger partial charge in [-0.15, -0.1) is 11.8 Å². The lowest BCUT2D eigenvalue weighted by atomic mass is 10.1. The molecule has 3 nitrogen and oxygen atoms in total. The number of carbonyl (C=O) groups is 1. The number of nitrogens with zero attached hydrogens (tertiary/aromatic N) is 1. The molecule has 5 heteroatoms. The molecule has 114 valence electrons. The third-order valence-corrected chi connectivity index (χ3v) is 4.89. The summed E-state index contributed by atoms with van der Waals surface area (Å²) in [6, 6.07) is 15.3. The number of rotatable bonds is 4. The predicted molar refractivity (Wildman–Crippen MR) is 91.7 cm³/mol. The Morgan fingerprint density at radius 3 is 2.77 bits per heavy atom. The molecule has 2 aromatic carbocycles. The molecular weight excluding hydrogens is 318 g/mol. The highest BCUT2D eigenvalue weighted by molar-refractivity contribution is 8.00. The van der Waals surface area contributed by atoms with Crippen molar-refractivity contribution < 1.29 is 9.53 Å². The average molecular weight is 334 g/mol. The highest BCUT2D eigenvalue weighted by Crippen LogP contribution is 2.42. The van der Waals surface area contributed by atoms with Crippen LogP contribution in [0.2, 0.25) is 5.02 Å². The number of benzene rings is 2. The van der Waals surface area contributed by atoms with Gasteiger partial charge >= 0.3 is 0 Å². The number of hydrogen-bond donors (Lipinski definition) is 0. The van der Waals surface area contributed by atoms with Crippen LogP contribution < -0.4 is 9.64 Å². The lowest BCUT2D eigenvalue weighted by Gasteiger charge is -2.24. The molecule has 0 unspecified atom stereocenters. The molecule has 1 amide bonds. The van der Waals surface area contributed by atoms with Crippen LogP contribution >= 0.6 is 23.4 Å². The average Bonchev–Trinajstić information content (AvgIpc) is 2.91. The molecule has 1 saturated heterocycles. The fourth-order valence-corrected chi connectivity index (χ4v) is 3.77. The monoisotopic (exact) mass is 333 g/mol. The summed E-state index contributed by atoms with van der Waals surface area (Å²) in [6.07, 6.45) is 0. The summed E-state index contributed by atoms with van der Waals surface area (Å²) in [5.74, 6) is 1.42. The molecular formula is C17H16ClNO2S. The van der Waals surface area contributed by atoms with Crippen molar-refractivity contribution in [2.24, 2.45) is 0 Å². The van der Waals surface area contributed by atoms with Gasteiger partial charge in [0, 0.05) is 10.7 Å². The molecule has 0 saturated carbocycles. The second-order valence-electron chi connectivity index (χ2n) is 4.91. The Hall–Kier alpha value is -1.65. The fourth-order valence-electron chi connectivity index (χ4n) is 2.48. The van der Waals surface area contributed by atoms with Gasteiger partial charge < -0.3 is 4.74 Å². The van der Waals surface area contributed by atoms with Crippen LogP contribution in [-0.2, 0) is 4.79 Å². The molecule has 0 bridgehead atoms. The third-order valence-electron chi connectivity index (χ3n) is 3.43. The van der Waals surface area contributed by atoms with E-state index in [1.165, 1.54) is 0 Å². The Balaban J connectivity index is 1.93. The molecule has 0 spiro atoms. The molecule has 1 fully saturated rings. The maximum atomic E-state index is 12.3. The van der Waals surface area contributed by atoms with Crippen molar-refractivity contribution in [2.75, 3.05) is 17.3 Å². The molecule has 1 aliphatic rings. The van der Waals surface area contributed by atoms with Gasteiger partial charge in [0.2, 0.25) is 5.91 Å². The molecule has 1 atom stereocenters. The van der Waals surface area contributed by atoms with Crippen LogP contribution in [0.1, 0.15) is 17.9 Å². The second kappa shape index (κ2) is 6.63. The zero-order valence-corrected chi connectivity index (χ0v) is 13.7. The summed E-state index contributed by atoms with van der Waals surface area (Å²) >= 11 is 7.56. The Bertz CT molecular complexity index is 675. The van der Waals surface area contributed by atoms with Crippen molar-refractivity contribution in [2.45, 2.75) is 12.3 Å². The van der Waals surface area contributed by atoms with E-state index in [0.717, 1.165) is 17.0 Å². The first-order valence-electron chi connectivity index (χ1n) is 7.11. The van der Waals surface area contributed by atoms with Gasteiger partial charge in [-0.3, -0.25) is 9.69 Å². The van der Waals surface area contributed by atoms with E-state index >= 15 is 0 Å². The van der Waals surface area contributed by atoms with E-state index in [1.54, 1.807) is 23.9 Å². The Morgan fingerprint density at radius 1 is 1.27 bits per heavy atom. The smallest absolute Gasteiger partial charge is 0.238 e. The van der Waals surface area contributed by atoms with E-state index in [2.05, 4.69) is 0 Å². The molecule has 0 aliphatic carbocycles. The van der Waals surface area contributed by atoms with E-state index in [-0.39, 0.29) is 11.3 Å². The first kappa shape index (κ1) is 15.3. The summed E-state index contributed by atoms with van der Waals surface area (Å²) in [7, 11) is 0. The number of anilines is 1. The molecule has 1 heterocycles. The van der Waals surface area contributed by atoms with Crippen molar-refractivity contribution in [3.63, 3.8) is 0 Å². The van der Waals surface area contributed by atoms with E-state index in [1.807, 2.05) is 48.2 Å². The highest BCUT2D eigenvalue weighted by Gasteiger charge is 2.34. The topological polar surface area (TPSA) is 29.5 Å². The van der Waals surface area contributed by atoms with Gasteiger partial charge in [-0.25, -0.2) is 0 Å². The molecule has 22 heavy (non-hydrogen) atoms. The van der Waals surface area contributed by atoms with Crippen LogP contribution in [0.5, 0.6) is 5.75 Å². The summed E-state index contributed by atoms with van der Waals surface area (Å²) < 4.78 is 5.56. The van der Waals surface area contributed by atoms with Crippen LogP contribution in [0.4, 0.5) is 5.69 Å². The quantitative estimate of drug-likeness (QED) is 0.824. The van der Waals surface area contributed by atoms with Crippen LogP contribution in [0.3, 0.4) is 0 Å².